The first-order valence-corrected chi connectivity index (χ1v) is 11.8. The molecule has 0 fully saturated rings. The minimum absolute atomic E-state index is 0.232. The van der Waals surface area contributed by atoms with Gasteiger partial charge in [-0.1, -0.05) is 41.9 Å². The van der Waals surface area contributed by atoms with Gasteiger partial charge in [0.25, 0.3) is 0 Å². The van der Waals surface area contributed by atoms with Crippen molar-refractivity contribution in [3.63, 3.8) is 0 Å². The van der Waals surface area contributed by atoms with Crippen molar-refractivity contribution < 1.29 is 17.6 Å². The maximum absolute atomic E-state index is 13.9. The second kappa shape index (κ2) is 10.2. The first-order chi connectivity index (χ1) is 13.3. The summed E-state index contributed by atoms with van der Waals surface area (Å²) in [7, 11) is -2.61. The van der Waals surface area contributed by atoms with E-state index in [9.17, 15) is 17.6 Å². The van der Waals surface area contributed by atoms with Crippen LogP contribution in [-0.4, -0.2) is 44.3 Å². The molecule has 0 aromatic heterocycles. The summed E-state index contributed by atoms with van der Waals surface area (Å²) >= 11 is 7.64. The molecule has 0 saturated carbocycles. The fourth-order valence-corrected chi connectivity index (χ4v) is 4.58. The van der Waals surface area contributed by atoms with Gasteiger partial charge in [-0.25, -0.2) is 12.8 Å². The van der Waals surface area contributed by atoms with Gasteiger partial charge >= 0.3 is 0 Å². The first-order valence-electron chi connectivity index (χ1n) is 8.50. The van der Waals surface area contributed by atoms with Gasteiger partial charge in [-0.2, -0.15) is 16.5 Å². The lowest BCUT2D eigenvalue weighted by Gasteiger charge is -2.25. The van der Waals surface area contributed by atoms with Gasteiger partial charge in [-0.3, -0.25) is 4.79 Å². The van der Waals surface area contributed by atoms with Crippen LogP contribution in [0.5, 0.6) is 0 Å². The predicted octanol–water partition coefficient (Wildman–Crippen LogP) is 3.54. The smallest absolute Gasteiger partial charge is 0.244 e. The Morgan fingerprint density at radius 1 is 1.21 bits per heavy atom. The van der Waals surface area contributed by atoms with Crippen molar-refractivity contribution in [3.8, 4) is 0 Å². The van der Waals surface area contributed by atoms with Crippen LogP contribution in [0.3, 0.4) is 0 Å². The summed E-state index contributed by atoms with van der Waals surface area (Å²) in [6.45, 7) is 0.232. The van der Waals surface area contributed by atoms with Gasteiger partial charge in [0, 0.05) is 18.6 Å². The van der Waals surface area contributed by atoms with Crippen LogP contribution in [0.25, 0.3) is 0 Å². The number of amides is 1. The molecule has 2 aromatic rings. The molecule has 1 amide bonds. The largest absolute Gasteiger partial charge is 0.340 e. The number of hydrogen-bond donors (Lipinski definition) is 1. The minimum atomic E-state index is -4.19. The Hall–Kier alpha value is -1.61. The molecule has 1 N–H and O–H groups in total. The average molecular weight is 445 g/mol. The first kappa shape index (κ1) is 22.7. The van der Waals surface area contributed by atoms with Crippen molar-refractivity contribution in [2.24, 2.45) is 0 Å². The topological polar surface area (TPSA) is 66.5 Å². The molecule has 0 spiro atoms. The van der Waals surface area contributed by atoms with Crippen LogP contribution in [0.4, 0.5) is 4.39 Å². The van der Waals surface area contributed by atoms with Crippen LogP contribution in [-0.2, 0) is 21.4 Å². The third kappa shape index (κ3) is 5.94. The number of rotatable bonds is 9. The quantitative estimate of drug-likeness (QED) is 0.642. The highest BCUT2D eigenvalue weighted by Gasteiger charge is 2.29. The summed E-state index contributed by atoms with van der Waals surface area (Å²) in [4.78, 5) is 13.8. The van der Waals surface area contributed by atoms with E-state index in [4.69, 9.17) is 11.6 Å². The second-order valence-corrected chi connectivity index (χ2v) is 9.25. The Balaban J connectivity index is 2.21. The summed E-state index contributed by atoms with van der Waals surface area (Å²) < 4.78 is 41.5. The van der Waals surface area contributed by atoms with Crippen molar-refractivity contribution in [1.29, 1.82) is 0 Å². The molecular weight excluding hydrogens is 423 g/mol. The predicted molar refractivity (Wildman–Crippen MR) is 111 cm³/mol. The lowest BCUT2D eigenvalue weighted by molar-refractivity contribution is -0.132. The number of thioether (sulfide) groups is 1. The Labute approximate surface area is 174 Å². The molecule has 0 heterocycles. The number of likely N-dealkylation sites (N-methyl/N-ethyl adjacent to an activating group) is 1. The molecule has 0 saturated heterocycles. The van der Waals surface area contributed by atoms with E-state index in [1.165, 1.54) is 34.9 Å². The van der Waals surface area contributed by atoms with Gasteiger partial charge in [-0.15, -0.1) is 0 Å². The zero-order valence-corrected chi connectivity index (χ0v) is 18.0. The maximum atomic E-state index is 13.9. The monoisotopic (exact) mass is 444 g/mol. The van der Waals surface area contributed by atoms with E-state index >= 15 is 0 Å². The number of carbonyl (C=O) groups excluding carboxylic acids is 1. The molecule has 2 rings (SSSR count). The average Bonchev–Trinajstić information content (AvgIpc) is 2.66. The highest BCUT2D eigenvalue weighted by atomic mass is 35.5. The van der Waals surface area contributed by atoms with Crippen LogP contribution >= 0.6 is 23.4 Å². The van der Waals surface area contributed by atoms with Gasteiger partial charge in [0.05, 0.1) is 0 Å². The Morgan fingerprint density at radius 2 is 1.86 bits per heavy atom. The van der Waals surface area contributed by atoms with Crippen LogP contribution in [0, 0.1) is 5.82 Å². The zero-order chi connectivity index (χ0) is 20.7. The number of carbonyl (C=O) groups is 1. The highest BCUT2D eigenvalue weighted by Crippen LogP contribution is 2.19. The number of hydrogen-bond acceptors (Lipinski definition) is 4. The summed E-state index contributed by atoms with van der Waals surface area (Å²) in [6, 6.07) is 11.2. The van der Waals surface area contributed by atoms with Gasteiger partial charge in [0.15, 0.2) is 0 Å². The number of nitrogens with zero attached hydrogens (tertiary/aromatic N) is 1. The molecule has 152 valence electrons. The Bertz CT molecular complexity index is 925. The van der Waals surface area contributed by atoms with E-state index in [1.807, 2.05) is 12.3 Å². The molecule has 5 nitrogen and oxygen atoms in total. The van der Waals surface area contributed by atoms with E-state index in [0.29, 0.717) is 10.8 Å². The lowest BCUT2D eigenvalue weighted by atomic mass is 10.1. The van der Waals surface area contributed by atoms with E-state index < -0.39 is 32.7 Å². The minimum Gasteiger partial charge on any atom is -0.340 e. The lowest BCUT2D eigenvalue weighted by Crippen LogP contribution is -2.47. The number of sulfonamides is 1. The van der Waals surface area contributed by atoms with Crippen LogP contribution in [0.15, 0.2) is 53.4 Å². The van der Waals surface area contributed by atoms with E-state index in [1.54, 1.807) is 25.2 Å². The fourth-order valence-electron chi connectivity index (χ4n) is 2.61. The third-order valence-corrected chi connectivity index (χ3v) is 6.59. The van der Waals surface area contributed by atoms with Crippen molar-refractivity contribution in [3.05, 3.63) is 64.9 Å². The molecular formula is C19H22ClFN2O3S2. The van der Waals surface area contributed by atoms with E-state index in [2.05, 4.69) is 4.72 Å². The maximum Gasteiger partial charge on any atom is 0.244 e. The fraction of sp³-hybridized carbons (Fsp3) is 0.316. The molecule has 0 bridgehead atoms. The molecule has 1 atom stereocenters. The normalized spacial score (nSPS) is 12.6. The highest BCUT2D eigenvalue weighted by molar-refractivity contribution is 7.98. The van der Waals surface area contributed by atoms with Gasteiger partial charge in [0.2, 0.25) is 15.9 Å². The zero-order valence-electron chi connectivity index (χ0n) is 15.6. The standard InChI is InChI=1S/C19H22ClFN2O3S2/c1-23(13-14-7-3-4-8-15(14)20)19(24)17(11-12-27-2)22-28(25,26)18-10-6-5-9-16(18)21/h3-10,17,22H,11-13H2,1-2H3. The molecule has 9 heteroatoms. The Kier molecular flexibility index (Phi) is 8.30. The number of nitrogens with one attached hydrogen (secondary N) is 1. The molecule has 1 unspecified atom stereocenters. The van der Waals surface area contributed by atoms with Crippen LogP contribution in [0.2, 0.25) is 5.02 Å². The molecule has 28 heavy (non-hydrogen) atoms. The van der Waals surface area contributed by atoms with E-state index in [-0.39, 0.29) is 13.0 Å². The second-order valence-electron chi connectivity index (χ2n) is 6.17. The number of benzene rings is 2. The summed E-state index contributed by atoms with van der Waals surface area (Å²) in [5, 5.41) is 0.523. The molecule has 2 aromatic carbocycles. The van der Waals surface area contributed by atoms with Crippen molar-refractivity contribution >= 4 is 39.3 Å². The van der Waals surface area contributed by atoms with Gasteiger partial charge < -0.3 is 4.90 Å². The number of halogens is 2. The molecule has 0 aliphatic rings. The van der Waals surface area contributed by atoms with Crippen LogP contribution < -0.4 is 4.72 Å². The SMILES string of the molecule is CSCCC(NS(=O)(=O)c1ccccc1F)C(=O)N(C)Cc1ccccc1Cl. The van der Waals surface area contributed by atoms with Crippen LogP contribution in [0.1, 0.15) is 12.0 Å². The Morgan fingerprint density at radius 3 is 2.50 bits per heavy atom. The summed E-state index contributed by atoms with van der Waals surface area (Å²) in [5.74, 6) is -0.708. The van der Waals surface area contributed by atoms with E-state index in [0.717, 1.165) is 11.6 Å². The van der Waals surface area contributed by atoms with Gasteiger partial charge in [-0.05, 0) is 42.2 Å². The third-order valence-electron chi connectivity index (χ3n) is 4.07. The van der Waals surface area contributed by atoms with Crippen molar-refractivity contribution in [2.75, 3.05) is 19.1 Å². The van der Waals surface area contributed by atoms with Gasteiger partial charge in [0.1, 0.15) is 16.8 Å². The molecule has 0 aliphatic heterocycles. The summed E-state index contributed by atoms with van der Waals surface area (Å²) in [6.07, 6.45) is 2.14. The molecule has 0 radical (unpaired) electrons. The van der Waals surface area contributed by atoms with Crippen molar-refractivity contribution in [2.45, 2.75) is 23.9 Å². The molecule has 0 aliphatic carbocycles. The van der Waals surface area contributed by atoms with Crippen molar-refractivity contribution in [1.82, 2.24) is 9.62 Å². The summed E-state index contributed by atoms with van der Waals surface area (Å²) in [5.41, 5.74) is 0.751.